The number of rotatable bonds is 2. The summed E-state index contributed by atoms with van der Waals surface area (Å²) < 4.78 is 1.04. The van der Waals surface area contributed by atoms with Gasteiger partial charge in [-0.2, -0.15) is 0 Å². The molecule has 0 amide bonds. The molecule has 0 N–H and O–H groups in total. The van der Waals surface area contributed by atoms with Crippen LogP contribution in [-0.4, -0.2) is 4.98 Å². The van der Waals surface area contributed by atoms with Crippen molar-refractivity contribution in [2.75, 3.05) is 0 Å². The number of hydrogen-bond acceptors (Lipinski definition) is 1. The Balaban J connectivity index is 2.08. The topological polar surface area (TPSA) is 12.9 Å². The summed E-state index contributed by atoms with van der Waals surface area (Å²) in [5, 5.41) is 2.34. The second kappa shape index (κ2) is 5.98. The molecule has 0 aliphatic rings. The molecule has 23 heavy (non-hydrogen) atoms. The van der Waals surface area contributed by atoms with Crippen molar-refractivity contribution in [1.82, 2.24) is 4.98 Å². The van der Waals surface area contributed by atoms with Gasteiger partial charge in [0.1, 0.15) is 0 Å². The summed E-state index contributed by atoms with van der Waals surface area (Å²) in [5.74, 6) is 0. The van der Waals surface area contributed by atoms with Gasteiger partial charge >= 0.3 is 0 Å². The maximum Gasteiger partial charge on any atom is 0.0858 e. The fraction of sp³-hybridized carbons (Fsp3) is 0. The van der Waals surface area contributed by atoms with Gasteiger partial charge in [-0.1, -0.05) is 84.9 Å². The van der Waals surface area contributed by atoms with E-state index in [1.807, 2.05) is 24.3 Å². The van der Waals surface area contributed by atoms with Gasteiger partial charge in [-0.05, 0) is 15.9 Å². The van der Waals surface area contributed by atoms with Crippen LogP contribution in [0.15, 0.2) is 89.4 Å². The first kappa shape index (κ1) is 14.2. The van der Waals surface area contributed by atoms with Crippen LogP contribution in [-0.2, 0) is 0 Å². The molecule has 0 fully saturated rings. The molecule has 3 aromatic carbocycles. The normalized spacial score (nSPS) is 10.8. The maximum atomic E-state index is 4.99. The molecule has 4 aromatic rings. The molecular weight excluding hydrogens is 346 g/mol. The highest BCUT2D eigenvalue weighted by Crippen LogP contribution is 2.37. The maximum absolute atomic E-state index is 4.99. The lowest BCUT2D eigenvalue weighted by Gasteiger charge is -2.13. The molecule has 2 heteroatoms. The zero-order valence-corrected chi connectivity index (χ0v) is 14.0. The van der Waals surface area contributed by atoms with Crippen molar-refractivity contribution < 1.29 is 0 Å². The largest absolute Gasteiger partial charge is 0.246 e. The molecule has 0 spiro atoms. The van der Waals surface area contributed by atoms with Gasteiger partial charge in [0.05, 0.1) is 15.9 Å². The van der Waals surface area contributed by atoms with Crippen LogP contribution in [0.1, 0.15) is 0 Å². The van der Waals surface area contributed by atoms with E-state index in [2.05, 4.69) is 76.6 Å². The Morgan fingerprint density at radius 3 is 1.61 bits per heavy atom. The predicted molar refractivity (Wildman–Crippen MR) is 100 cm³/mol. The summed E-state index contributed by atoms with van der Waals surface area (Å²) in [4.78, 5) is 4.99. The Morgan fingerprint density at radius 1 is 0.522 bits per heavy atom. The van der Waals surface area contributed by atoms with Gasteiger partial charge in [0.2, 0.25) is 0 Å². The molecule has 0 saturated carbocycles. The number of fused-ring (bicyclic) bond motifs is 1. The van der Waals surface area contributed by atoms with E-state index in [4.69, 9.17) is 4.98 Å². The Morgan fingerprint density at radius 2 is 1.00 bits per heavy atom. The lowest BCUT2D eigenvalue weighted by atomic mass is 10.0. The molecule has 0 unspecified atom stereocenters. The molecule has 0 radical (unpaired) electrons. The van der Waals surface area contributed by atoms with Gasteiger partial charge in [-0.3, -0.25) is 0 Å². The van der Waals surface area contributed by atoms with E-state index in [0.717, 1.165) is 32.4 Å². The van der Waals surface area contributed by atoms with Crippen molar-refractivity contribution in [3.8, 4) is 22.5 Å². The van der Waals surface area contributed by atoms with Gasteiger partial charge in [0.15, 0.2) is 0 Å². The molecule has 110 valence electrons. The lowest BCUT2D eigenvalue weighted by molar-refractivity contribution is 1.34. The first-order valence-electron chi connectivity index (χ1n) is 7.53. The summed E-state index contributed by atoms with van der Waals surface area (Å²) in [6, 6.07) is 29.0. The van der Waals surface area contributed by atoms with Crippen LogP contribution >= 0.6 is 15.9 Å². The molecule has 0 saturated heterocycles. The summed E-state index contributed by atoms with van der Waals surface area (Å²) in [7, 11) is 0. The van der Waals surface area contributed by atoms with Gasteiger partial charge in [0, 0.05) is 21.9 Å². The molecule has 1 nitrogen and oxygen atoms in total. The van der Waals surface area contributed by atoms with Crippen LogP contribution in [0.4, 0.5) is 0 Å². The van der Waals surface area contributed by atoms with Crippen LogP contribution in [0.3, 0.4) is 0 Å². The monoisotopic (exact) mass is 359 g/mol. The molecule has 0 atom stereocenters. The van der Waals surface area contributed by atoms with Crippen molar-refractivity contribution in [2.45, 2.75) is 0 Å². The molecule has 0 aliphatic heterocycles. The second-order valence-corrected chi connectivity index (χ2v) is 6.19. The van der Waals surface area contributed by atoms with Crippen LogP contribution < -0.4 is 0 Å². The smallest absolute Gasteiger partial charge is 0.0858 e. The Bertz CT molecular complexity index is 963. The van der Waals surface area contributed by atoms with E-state index in [9.17, 15) is 0 Å². The van der Waals surface area contributed by atoms with E-state index in [0.29, 0.717) is 0 Å². The van der Waals surface area contributed by atoms with Crippen LogP contribution in [0, 0.1) is 0 Å². The lowest BCUT2D eigenvalue weighted by Crippen LogP contribution is -1.93. The molecular formula is C21H14BrN. The number of pyridine rings is 1. The zero-order valence-electron chi connectivity index (χ0n) is 12.4. The zero-order chi connectivity index (χ0) is 15.6. The van der Waals surface area contributed by atoms with E-state index in [-0.39, 0.29) is 0 Å². The minimum absolute atomic E-state index is 0.975. The Hall–Kier alpha value is -2.45. The SMILES string of the molecule is Brc1c(-c2ccccc2)nc(-c2ccccc2)c2ccccc12. The first-order chi connectivity index (χ1) is 11.3. The highest BCUT2D eigenvalue weighted by molar-refractivity contribution is 9.10. The van der Waals surface area contributed by atoms with E-state index in [1.165, 1.54) is 5.39 Å². The van der Waals surface area contributed by atoms with Crippen molar-refractivity contribution in [3.05, 3.63) is 89.4 Å². The second-order valence-electron chi connectivity index (χ2n) is 5.40. The quantitative estimate of drug-likeness (QED) is 0.407. The minimum Gasteiger partial charge on any atom is -0.246 e. The molecule has 4 rings (SSSR count). The standard InChI is InChI=1S/C21H14BrN/c22-19-17-13-7-8-14-18(17)20(15-9-3-1-4-10-15)23-21(19)16-11-5-2-6-12-16/h1-14H. The van der Waals surface area contributed by atoms with E-state index in [1.54, 1.807) is 0 Å². The summed E-state index contributed by atoms with van der Waals surface area (Å²) in [6.45, 7) is 0. The molecule has 1 heterocycles. The van der Waals surface area contributed by atoms with Crippen molar-refractivity contribution in [3.63, 3.8) is 0 Å². The third-order valence-electron chi connectivity index (χ3n) is 3.94. The number of aromatic nitrogens is 1. The van der Waals surface area contributed by atoms with Crippen LogP contribution in [0.25, 0.3) is 33.3 Å². The summed E-state index contributed by atoms with van der Waals surface area (Å²) >= 11 is 3.76. The van der Waals surface area contributed by atoms with Crippen molar-refractivity contribution >= 4 is 26.7 Å². The average molecular weight is 360 g/mol. The van der Waals surface area contributed by atoms with Gasteiger partial charge < -0.3 is 0 Å². The highest BCUT2D eigenvalue weighted by Gasteiger charge is 2.14. The van der Waals surface area contributed by atoms with Gasteiger partial charge in [-0.15, -0.1) is 0 Å². The fourth-order valence-corrected chi connectivity index (χ4v) is 3.50. The van der Waals surface area contributed by atoms with E-state index >= 15 is 0 Å². The average Bonchev–Trinajstić information content (AvgIpc) is 2.64. The molecule has 0 aliphatic carbocycles. The molecule has 0 bridgehead atoms. The minimum atomic E-state index is 0.975. The fourth-order valence-electron chi connectivity index (χ4n) is 2.83. The van der Waals surface area contributed by atoms with Crippen molar-refractivity contribution in [1.29, 1.82) is 0 Å². The number of hydrogen-bond donors (Lipinski definition) is 0. The third-order valence-corrected chi connectivity index (χ3v) is 4.75. The van der Waals surface area contributed by atoms with Gasteiger partial charge in [0.25, 0.3) is 0 Å². The van der Waals surface area contributed by atoms with Crippen LogP contribution in [0.5, 0.6) is 0 Å². The van der Waals surface area contributed by atoms with Crippen molar-refractivity contribution in [2.24, 2.45) is 0 Å². The number of halogens is 1. The third kappa shape index (κ3) is 2.55. The molecule has 1 aromatic heterocycles. The first-order valence-corrected chi connectivity index (χ1v) is 8.33. The summed E-state index contributed by atoms with van der Waals surface area (Å²) in [6.07, 6.45) is 0. The Kier molecular flexibility index (Phi) is 3.68. The summed E-state index contributed by atoms with van der Waals surface area (Å²) in [5.41, 5.74) is 4.24. The Labute approximate surface area is 143 Å². The van der Waals surface area contributed by atoms with Crippen LogP contribution in [0.2, 0.25) is 0 Å². The highest BCUT2D eigenvalue weighted by atomic mass is 79.9. The van der Waals surface area contributed by atoms with Gasteiger partial charge in [-0.25, -0.2) is 4.98 Å². The number of nitrogens with zero attached hydrogens (tertiary/aromatic N) is 1. The predicted octanol–water partition coefficient (Wildman–Crippen LogP) is 6.33. The number of benzene rings is 3. The van der Waals surface area contributed by atoms with E-state index < -0.39 is 0 Å².